The average Bonchev–Trinajstić information content (AvgIpc) is 2.71. The molecule has 1 rings (SSSR count). The fraction of sp³-hybridized carbons (Fsp3) is 0.760. The van der Waals surface area contributed by atoms with Crippen LogP contribution in [0.5, 0.6) is 5.75 Å². The number of rotatable bonds is 18. The Bertz CT molecular complexity index is 566. The number of hydrogen-bond acceptors (Lipinski definition) is 3. The van der Waals surface area contributed by atoms with Crippen LogP contribution in [0.3, 0.4) is 0 Å². The van der Waals surface area contributed by atoms with Gasteiger partial charge in [-0.1, -0.05) is 65.2 Å². The molecule has 0 fully saturated rings. The van der Waals surface area contributed by atoms with Crippen LogP contribution in [-0.4, -0.2) is 25.7 Å². The van der Waals surface area contributed by atoms with E-state index in [-0.39, 0.29) is 5.75 Å². The van der Waals surface area contributed by atoms with Gasteiger partial charge in [-0.05, 0) is 72.7 Å². The van der Waals surface area contributed by atoms with E-state index in [0.29, 0.717) is 17.3 Å². The van der Waals surface area contributed by atoms with Crippen LogP contribution in [0.1, 0.15) is 108 Å². The molecule has 0 spiro atoms. The van der Waals surface area contributed by atoms with Gasteiger partial charge >= 0.3 is 0 Å². The summed E-state index contributed by atoms with van der Waals surface area (Å²) in [7, 11) is 0. The minimum absolute atomic E-state index is 0.247. The highest BCUT2D eigenvalue weighted by molar-refractivity contribution is 7.90. The highest BCUT2D eigenvalue weighted by atomic mass is 32.2. The molecule has 0 saturated heterocycles. The zero-order valence-electron chi connectivity index (χ0n) is 19.5. The van der Waals surface area contributed by atoms with E-state index in [1.165, 1.54) is 51.4 Å². The van der Waals surface area contributed by atoms with E-state index in [2.05, 4.69) is 13.8 Å². The van der Waals surface area contributed by atoms with Crippen LogP contribution in [0.2, 0.25) is 0 Å². The second kappa shape index (κ2) is 17.2. The summed E-state index contributed by atoms with van der Waals surface area (Å²) in [5, 5.41) is 10.4. The van der Waals surface area contributed by atoms with E-state index in [4.69, 9.17) is 0 Å². The summed E-state index contributed by atoms with van der Waals surface area (Å²) in [5.74, 6) is 2.59. The van der Waals surface area contributed by atoms with Crippen molar-refractivity contribution in [2.24, 2.45) is 0 Å². The Kier molecular flexibility index (Phi) is 15.9. The van der Waals surface area contributed by atoms with Crippen molar-refractivity contribution in [2.45, 2.75) is 109 Å². The second-order valence-electron chi connectivity index (χ2n) is 8.53. The molecule has 0 bridgehead atoms. The monoisotopic (exact) mass is 456 g/mol. The minimum atomic E-state index is -0.963. The number of hydrogen-bond donors (Lipinski definition) is 1. The molecule has 1 aromatic rings. The summed E-state index contributed by atoms with van der Waals surface area (Å²) in [6.07, 6.45) is 14.3. The molecule has 0 aromatic heterocycles. The molecule has 2 atom stereocenters. The molecule has 3 nitrogen and oxygen atoms in total. The smallest absolute Gasteiger partial charge is 0.134 e. The van der Waals surface area contributed by atoms with Crippen molar-refractivity contribution in [2.75, 3.05) is 11.5 Å². The first kappa shape index (κ1) is 27.7. The highest BCUT2D eigenvalue weighted by Crippen LogP contribution is 2.27. The van der Waals surface area contributed by atoms with Gasteiger partial charge in [0.25, 0.3) is 0 Å². The van der Waals surface area contributed by atoms with Crippen molar-refractivity contribution in [1.82, 2.24) is 0 Å². The molecule has 1 aromatic carbocycles. The molecule has 174 valence electrons. The van der Waals surface area contributed by atoms with Crippen LogP contribution >= 0.6 is 0 Å². The zero-order chi connectivity index (χ0) is 22.2. The van der Waals surface area contributed by atoms with Gasteiger partial charge in [-0.3, -0.25) is 0 Å². The lowest BCUT2D eigenvalue weighted by atomic mass is 10.1. The minimum Gasteiger partial charge on any atom is -0.616 e. The van der Waals surface area contributed by atoms with Gasteiger partial charge in [0.05, 0.1) is 0 Å². The molecular weight excluding hydrogens is 412 g/mol. The van der Waals surface area contributed by atoms with Gasteiger partial charge in [0.2, 0.25) is 0 Å². The number of unbranched alkanes of at least 4 members (excludes halogenated alkanes) is 10. The molecule has 0 heterocycles. The fourth-order valence-electron chi connectivity index (χ4n) is 3.72. The third-order valence-electron chi connectivity index (χ3n) is 5.53. The van der Waals surface area contributed by atoms with E-state index >= 15 is 0 Å². The molecule has 0 aliphatic carbocycles. The van der Waals surface area contributed by atoms with Gasteiger partial charge in [0.15, 0.2) is 0 Å². The first-order chi connectivity index (χ1) is 14.5. The van der Waals surface area contributed by atoms with E-state index in [1.807, 2.05) is 19.1 Å². The van der Waals surface area contributed by atoms with E-state index in [0.717, 1.165) is 48.1 Å². The fourth-order valence-corrected chi connectivity index (χ4v) is 6.16. The molecule has 2 unspecified atom stereocenters. The van der Waals surface area contributed by atoms with E-state index in [9.17, 15) is 14.2 Å². The first-order valence-corrected chi connectivity index (χ1v) is 15.0. The quantitative estimate of drug-likeness (QED) is 0.192. The Hall–Kier alpha value is -0.360. The van der Waals surface area contributed by atoms with Gasteiger partial charge in [-0.15, -0.1) is 0 Å². The van der Waals surface area contributed by atoms with Crippen molar-refractivity contribution in [3.8, 4) is 5.75 Å². The predicted octanol–water partition coefficient (Wildman–Crippen LogP) is 6.92. The zero-order valence-corrected chi connectivity index (χ0v) is 21.2. The van der Waals surface area contributed by atoms with Gasteiger partial charge in [-0.2, -0.15) is 0 Å². The predicted molar refractivity (Wildman–Crippen MR) is 133 cm³/mol. The Labute approximate surface area is 191 Å². The van der Waals surface area contributed by atoms with Crippen molar-refractivity contribution in [3.05, 3.63) is 28.8 Å². The Morgan fingerprint density at radius 1 is 0.700 bits per heavy atom. The number of phenols is 1. The Balaban J connectivity index is 2.44. The normalized spacial score (nSPS) is 13.5. The van der Waals surface area contributed by atoms with Crippen LogP contribution in [0.4, 0.5) is 0 Å². The molecule has 0 aliphatic heterocycles. The lowest BCUT2D eigenvalue weighted by Gasteiger charge is -2.16. The van der Waals surface area contributed by atoms with Crippen LogP contribution in [0, 0.1) is 6.92 Å². The van der Waals surface area contributed by atoms with Crippen LogP contribution < -0.4 is 0 Å². The maximum Gasteiger partial charge on any atom is 0.134 e. The SMILES string of the molecule is CCCCCCCC[S+]([O-])Cc1cc(C)c(O)c(C[S+]([O-])CCCCCCCC)c1. The van der Waals surface area contributed by atoms with Crippen LogP contribution in [0.25, 0.3) is 0 Å². The van der Waals surface area contributed by atoms with Crippen molar-refractivity contribution in [3.63, 3.8) is 0 Å². The van der Waals surface area contributed by atoms with E-state index < -0.39 is 22.4 Å². The number of benzene rings is 1. The summed E-state index contributed by atoms with van der Waals surface area (Å²) in [5.41, 5.74) is 2.52. The number of phenolic OH excluding ortho intramolecular Hbond substituents is 1. The summed E-state index contributed by atoms with van der Waals surface area (Å²) >= 11 is -1.84. The molecule has 1 N–H and O–H groups in total. The largest absolute Gasteiger partial charge is 0.616 e. The molecule has 0 amide bonds. The maximum atomic E-state index is 12.5. The van der Waals surface area contributed by atoms with Gasteiger partial charge in [0, 0.05) is 11.1 Å². The van der Waals surface area contributed by atoms with Crippen molar-refractivity contribution >= 4 is 22.4 Å². The first-order valence-electron chi connectivity index (χ1n) is 12.0. The van der Waals surface area contributed by atoms with Crippen LogP contribution in [0.15, 0.2) is 12.1 Å². The second-order valence-corrected chi connectivity index (χ2v) is 11.7. The highest BCUT2D eigenvalue weighted by Gasteiger charge is 2.16. The molecule has 30 heavy (non-hydrogen) atoms. The summed E-state index contributed by atoms with van der Waals surface area (Å²) in [6, 6.07) is 3.84. The molecular formula is C25H44O3S2. The maximum absolute atomic E-state index is 12.5. The summed E-state index contributed by atoms with van der Waals surface area (Å²) in [4.78, 5) is 0. The lowest BCUT2D eigenvalue weighted by Crippen LogP contribution is -2.12. The standard InChI is InChI=1S/C25H44O3S2/c1-4-6-8-10-12-14-16-29(27)20-23-18-22(3)25(26)24(19-23)21-30(28)17-15-13-11-9-7-5-2/h18-19,26H,4-17,20-21H2,1-3H3. The third-order valence-corrected chi connectivity index (χ3v) is 8.31. The van der Waals surface area contributed by atoms with Crippen LogP contribution in [-0.2, 0) is 33.9 Å². The topological polar surface area (TPSA) is 66.3 Å². The van der Waals surface area contributed by atoms with Crippen molar-refractivity contribution < 1.29 is 14.2 Å². The Morgan fingerprint density at radius 2 is 1.17 bits per heavy atom. The summed E-state index contributed by atoms with van der Waals surface area (Å²) < 4.78 is 25.0. The molecule has 0 aliphatic rings. The van der Waals surface area contributed by atoms with Gasteiger partial charge < -0.3 is 14.2 Å². The number of aromatic hydroxyl groups is 1. The van der Waals surface area contributed by atoms with E-state index in [1.54, 1.807) is 0 Å². The Morgan fingerprint density at radius 3 is 1.70 bits per heavy atom. The summed E-state index contributed by atoms with van der Waals surface area (Å²) in [6.45, 7) is 6.30. The molecule has 0 radical (unpaired) electrons. The molecule has 5 heteroatoms. The number of aryl methyl sites for hydroxylation is 1. The van der Waals surface area contributed by atoms with Gasteiger partial charge in [0.1, 0.15) is 28.8 Å². The molecule has 0 saturated carbocycles. The lowest BCUT2D eigenvalue weighted by molar-refractivity contribution is 0.465. The van der Waals surface area contributed by atoms with Crippen molar-refractivity contribution in [1.29, 1.82) is 0 Å². The average molecular weight is 457 g/mol. The van der Waals surface area contributed by atoms with Gasteiger partial charge in [-0.25, -0.2) is 0 Å². The third kappa shape index (κ3) is 12.5.